The van der Waals surface area contributed by atoms with E-state index in [4.69, 9.17) is 0 Å². The zero-order chi connectivity index (χ0) is 13.8. The third-order valence-corrected chi connectivity index (χ3v) is 2.84. The van der Waals surface area contributed by atoms with Gasteiger partial charge in [-0.25, -0.2) is 4.98 Å². The van der Waals surface area contributed by atoms with E-state index in [1.54, 1.807) is 18.2 Å². The Morgan fingerprint density at radius 1 is 1.32 bits per heavy atom. The smallest absolute Gasteiger partial charge is 0.257 e. The number of carbonyl (C=O) groups excluding carboxylic acids is 2. The molecule has 2 aromatic rings. The third-order valence-electron chi connectivity index (χ3n) is 2.14. The fourth-order valence-corrected chi connectivity index (χ4v) is 1.96. The van der Waals surface area contributed by atoms with E-state index in [0.29, 0.717) is 11.3 Å². The fourth-order valence-electron chi connectivity index (χ4n) is 1.42. The van der Waals surface area contributed by atoms with Gasteiger partial charge in [-0.3, -0.25) is 14.9 Å². The van der Waals surface area contributed by atoms with E-state index in [1.807, 2.05) is 0 Å². The lowest BCUT2D eigenvalue weighted by Crippen LogP contribution is -2.12. The first-order valence-electron chi connectivity index (χ1n) is 5.35. The summed E-state index contributed by atoms with van der Waals surface area (Å²) in [5.74, 6) is -0.638. The second-order valence-corrected chi connectivity index (χ2v) is 4.67. The molecule has 0 spiro atoms. The lowest BCUT2D eigenvalue weighted by molar-refractivity contribution is -0.114. The molecule has 7 heteroatoms. The van der Waals surface area contributed by atoms with Crippen molar-refractivity contribution in [2.45, 2.75) is 6.92 Å². The molecule has 19 heavy (non-hydrogen) atoms. The van der Waals surface area contributed by atoms with E-state index in [-0.39, 0.29) is 11.0 Å². The minimum absolute atomic E-state index is 0.187. The van der Waals surface area contributed by atoms with Gasteiger partial charge >= 0.3 is 0 Å². The average Bonchev–Trinajstić information content (AvgIpc) is 2.74. The number of anilines is 2. The molecule has 1 aromatic carbocycles. The van der Waals surface area contributed by atoms with Crippen LogP contribution in [0.5, 0.6) is 0 Å². The first-order chi connectivity index (χ1) is 9.04. The van der Waals surface area contributed by atoms with Gasteiger partial charge < -0.3 is 5.32 Å². The Balaban J connectivity index is 2.12. The van der Waals surface area contributed by atoms with Gasteiger partial charge in [0.1, 0.15) is 0 Å². The molecule has 2 rings (SSSR count). The zero-order valence-electron chi connectivity index (χ0n) is 9.94. The van der Waals surface area contributed by atoms with Gasteiger partial charge in [0.15, 0.2) is 10.3 Å². The molecule has 5 nitrogen and oxygen atoms in total. The average molecular weight is 279 g/mol. The lowest BCUT2D eigenvalue weighted by Gasteiger charge is -2.05. The van der Waals surface area contributed by atoms with Crippen molar-refractivity contribution in [3.63, 3.8) is 0 Å². The Kier molecular flexibility index (Phi) is 3.86. The van der Waals surface area contributed by atoms with Gasteiger partial charge in [-0.05, 0) is 18.2 Å². The van der Waals surface area contributed by atoms with Crippen LogP contribution in [0.15, 0.2) is 30.5 Å². The summed E-state index contributed by atoms with van der Waals surface area (Å²) in [6.07, 6.45) is 1.04. The number of nitrogens with one attached hydrogen (secondary N) is 2. The molecule has 0 radical (unpaired) electrons. The van der Waals surface area contributed by atoms with E-state index >= 15 is 0 Å². The Morgan fingerprint density at radius 2 is 2.11 bits per heavy atom. The molecule has 98 valence electrons. The highest BCUT2D eigenvalue weighted by Crippen LogP contribution is 2.18. The van der Waals surface area contributed by atoms with Crippen LogP contribution in [0.4, 0.5) is 15.2 Å². The molecule has 1 aromatic heterocycles. The van der Waals surface area contributed by atoms with Crippen molar-refractivity contribution < 1.29 is 14.0 Å². The predicted octanol–water partition coefficient (Wildman–Crippen LogP) is 2.49. The summed E-state index contributed by atoms with van der Waals surface area (Å²) in [5, 5.41) is 4.77. The summed E-state index contributed by atoms with van der Waals surface area (Å²) < 4.78 is 12.7. The summed E-state index contributed by atoms with van der Waals surface area (Å²) in [4.78, 5) is 26.5. The van der Waals surface area contributed by atoms with E-state index in [2.05, 4.69) is 15.6 Å². The largest absolute Gasteiger partial charge is 0.326 e. The number of nitrogens with zero attached hydrogens (tertiary/aromatic N) is 1. The number of thiazole rings is 1. The van der Waals surface area contributed by atoms with Crippen molar-refractivity contribution in [2.75, 3.05) is 10.6 Å². The minimum Gasteiger partial charge on any atom is -0.326 e. The zero-order valence-corrected chi connectivity index (χ0v) is 10.8. The standard InChI is InChI=1S/C12H10FN3O2S/c1-7(17)15-9-4-2-3-8(5-9)11(18)16-12-14-6-10(13)19-12/h2-6H,1H3,(H,15,17)(H,14,16,18). The molecule has 0 saturated heterocycles. The Bertz CT molecular complexity index is 627. The van der Waals surface area contributed by atoms with E-state index < -0.39 is 11.0 Å². The number of benzene rings is 1. The van der Waals surface area contributed by atoms with Gasteiger partial charge in [0.05, 0.1) is 6.20 Å². The van der Waals surface area contributed by atoms with Gasteiger partial charge in [0.25, 0.3) is 5.91 Å². The molecule has 1 heterocycles. The first-order valence-corrected chi connectivity index (χ1v) is 6.16. The van der Waals surface area contributed by atoms with E-state index in [0.717, 1.165) is 17.5 Å². The van der Waals surface area contributed by atoms with Crippen LogP contribution in [0.2, 0.25) is 0 Å². The molecule has 0 saturated carbocycles. The summed E-state index contributed by atoms with van der Waals surface area (Å²) >= 11 is 0.746. The highest BCUT2D eigenvalue weighted by atomic mass is 32.1. The van der Waals surface area contributed by atoms with Crippen molar-refractivity contribution >= 4 is 34.0 Å². The molecule has 0 atom stereocenters. The fraction of sp³-hybridized carbons (Fsp3) is 0.0833. The van der Waals surface area contributed by atoms with Crippen molar-refractivity contribution in [1.82, 2.24) is 4.98 Å². The number of halogens is 1. The third kappa shape index (κ3) is 3.59. The van der Waals surface area contributed by atoms with Crippen LogP contribution in [-0.2, 0) is 4.79 Å². The molecule has 0 aliphatic carbocycles. The second kappa shape index (κ2) is 5.57. The normalized spacial score (nSPS) is 10.0. The minimum atomic E-state index is -0.470. The van der Waals surface area contributed by atoms with Crippen molar-refractivity contribution in [1.29, 1.82) is 0 Å². The quantitative estimate of drug-likeness (QED) is 0.906. The van der Waals surface area contributed by atoms with Crippen molar-refractivity contribution in [2.24, 2.45) is 0 Å². The van der Waals surface area contributed by atoms with Gasteiger partial charge in [0.2, 0.25) is 5.91 Å². The van der Waals surface area contributed by atoms with Gasteiger partial charge in [0, 0.05) is 18.2 Å². The van der Waals surface area contributed by atoms with Crippen LogP contribution in [0.3, 0.4) is 0 Å². The molecule has 0 aliphatic rings. The first kappa shape index (κ1) is 13.2. The summed E-state index contributed by atoms with van der Waals surface area (Å²) in [6, 6.07) is 6.43. The molecule has 0 aliphatic heterocycles. The van der Waals surface area contributed by atoms with Gasteiger partial charge in [-0.15, -0.1) is 0 Å². The van der Waals surface area contributed by atoms with E-state index in [9.17, 15) is 14.0 Å². The summed E-state index contributed by atoms with van der Waals surface area (Å²) in [7, 11) is 0. The van der Waals surface area contributed by atoms with Crippen molar-refractivity contribution in [3.05, 3.63) is 41.2 Å². The highest BCUT2D eigenvalue weighted by molar-refractivity contribution is 7.14. The molecule has 2 N–H and O–H groups in total. The maximum Gasteiger partial charge on any atom is 0.257 e. The van der Waals surface area contributed by atoms with Crippen molar-refractivity contribution in [3.8, 4) is 0 Å². The number of hydrogen-bond acceptors (Lipinski definition) is 4. The number of hydrogen-bond donors (Lipinski definition) is 2. The second-order valence-electron chi connectivity index (χ2n) is 3.69. The summed E-state index contributed by atoms with van der Waals surface area (Å²) in [6.45, 7) is 1.38. The molecule has 0 bridgehead atoms. The molecular weight excluding hydrogens is 269 g/mol. The predicted molar refractivity (Wildman–Crippen MR) is 70.8 cm³/mol. The monoisotopic (exact) mass is 279 g/mol. The lowest BCUT2D eigenvalue weighted by atomic mass is 10.2. The highest BCUT2D eigenvalue weighted by Gasteiger charge is 2.09. The number of rotatable bonds is 3. The molecule has 0 unspecified atom stereocenters. The van der Waals surface area contributed by atoms with Gasteiger partial charge in [-0.1, -0.05) is 17.4 Å². The number of carbonyl (C=O) groups is 2. The van der Waals surface area contributed by atoms with Crippen LogP contribution in [-0.4, -0.2) is 16.8 Å². The van der Waals surface area contributed by atoms with Crippen LogP contribution in [0.1, 0.15) is 17.3 Å². The van der Waals surface area contributed by atoms with Crippen LogP contribution in [0, 0.1) is 5.13 Å². The van der Waals surface area contributed by atoms with E-state index in [1.165, 1.54) is 13.0 Å². The Hall–Kier alpha value is -2.28. The molecular formula is C12H10FN3O2S. The topological polar surface area (TPSA) is 71.1 Å². The maximum atomic E-state index is 12.7. The maximum absolute atomic E-state index is 12.7. The van der Waals surface area contributed by atoms with Gasteiger partial charge in [-0.2, -0.15) is 4.39 Å². The Morgan fingerprint density at radius 3 is 2.74 bits per heavy atom. The SMILES string of the molecule is CC(=O)Nc1cccc(C(=O)Nc2ncc(F)s2)c1. The van der Waals surface area contributed by atoms with Crippen LogP contribution < -0.4 is 10.6 Å². The molecule has 0 fully saturated rings. The van der Waals surface area contributed by atoms with Crippen LogP contribution >= 0.6 is 11.3 Å². The summed E-state index contributed by atoms with van der Waals surface area (Å²) in [5.41, 5.74) is 0.868. The number of amides is 2. The number of aromatic nitrogens is 1. The molecule has 2 amide bonds. The Labute approximate surface area is 112 Å². The van der Waals surface area contributed by atoms with Crippen LogP contribution in [0.25, 0.3) is 0 Å².